The van der Waals surface area contributed by atoms with Crippen LogP contribution in [0.5, 0.6) is 0 Å². The van der Waals surface area contributed by atoms with Gasteiger partial charge >= 0.3 is 0 Å². The predicted octanol–water partition coefficient (Wildman–Crippen LogP) is 11.3. The molecule has 208 valence electrons. The van der Waals surface area contributed by atoms with Crippen LogP contribution in [-0.2, 0) is 0 Å². The molecule has 8 aromatic rings. The van der Waals surface area contributed by atoms with Gasteiger partial charge in [-0.25, -0.2) is 4.98 Å². The van der Waals surface area contributed by atoms with Gasteiger partial charge in [-0.3, -0.25) is 0 Å². The van der Waals surface area contributed by atoms with Crippen LogP contribution >= 0.6 is 11.5 Å². The molecule has 0 saturated heterocycles. The molecule has 8 rings (SSSR count). The van der Waals surface area contributed by atoms with Crippen LogP contribution in [0, 0.1) is 0 Å². The summed E-state index contributed by atoms with van der Waals surface area (Å²) in [4.78, 5) is 7.34. The summed E-state index contributed by atoms with van der Waals surface area (Å²) in [5.74, 6) is 0.759. The summed E-state index contributed by atoms with van der Waals surface area (Å²) in [6.07, 6.45) is 0. The van der Waals surface area contributed by atoms with Crippen LogP contribution in [0.2, 0.25) is 0 Å². The van der Waals surface area contributed by atoms with E-state index in [9.17, 15) is 0 Å². The molecule has 0 unspecified atom stereocenters. The smallest absolute Gasteiger partial charge is 0.174 e. The maximum Gasteiger partial charge on any atom is 0.174 e. The van der Waals surface area contributed by atoms with Gasteiger partial charge in [0, 0.05) is 28.2 Å². The normalized spacial score (nSPS) is 11.2. The summed E-state index contributed by atoms with van der Waals surface area (Å²) in [6.45, 7) is 0. The van der Waals surface area contributed by atoms with Crippen molar-refractivity contribution < 1.29 is 0 Å². The maximum atomic E-state index is 5.02. The first-order valence-electron chi connectivity index (χ1n) is 14.7. The molecule has 0 aliphatic carbocycles. The van der Waals surface area contributed by atoms with Crippen LogP contribution in [0.3, 0.4) is 0 Å². The van der Waals surface area contributed by atoms with Crippen LogP contribution in [0.15, 0.2) is 164 Å². The minimum Gasteiger partial charge on any atom is -0.310 e. The van der Waals surface area contributed by atoms with Crippen molar-refractivity contribution in [3.05, 3.63) is 164 Å². The number of hydrogen-bond acceptors (Lipinski definition) is 4. The topological polar surface area (TPSA) is 29.0 Å². The number of benzene rings is 7. The van der Waals surface area contributed by atoms with Gasteiger partial charge < -0.3 is 4.90 Å². The van der Waals surface area contributed by atoms with E-state index in [0.717, 1.165) is 44.4 Å². The average Bonchev–Trinajstić information content (AvgIpc) is 3.59. The zero-order valence-corrected chi connectivity index (χ0v) is 24.7. The first-order valence-corrected chi connectivity index (χ1v) is 15.4. The van der Waals surface area contributed by atoms with Gasteiger partial charge in [-0.15, -0.1) is 0 Å². The Kier molecular flexibility index (Phi) is 6.67. The van der Waals surface area contributed by atoms with Gasteiger partial charge in [0.05, 0.1) is 0 Å². The van der Waals surface area contributed by atoms with Gasteiger partial charge in [0.2, 0.25) is 0 Å². The molecular formula is C40H27N3S. The molecular weight excluding hydrogens is 555 g/mol. The monoisotopic (exact) mass is 581 g/mol. The van der Waals surface area contributed by atoms with E-state index in [-0.39, 0.29) is 0 Å². The Morgan fingerprint density at radius 3 is 1.93 bits per heavy atom. The van der Waals surface area contributed by atoms with Crippen LogP contribution in [0.4, 0.5) is 17.1 Å². The number of hydrogen-bond donors (Lipinski definition) is 0. The number of nitrogens with zero attached hydrogens (tertiary/aromatic N) is 3. The largest absolute Gasteiger partial charge is 0.310 e. The maximum absolute atomic E-state index is 5.02. The fourth-order valence-corrected chi connectivity index (χ4v) is 6.52. The lowest BCUT2D eigenvalue weighted by Crippen LogP contribution is -2.10. The molecule has 4 heteroatoms. The van der Waals surface area contributed by atoms with Crippen molar-refractivity contribution in [3.8, 4) is 33.1 Å². The lowest BCUT2D eigenvalue weighted by atomic mass is 10.0. The molecule has 0 amide bonds. The van der Waals surface area contributed by atoms with Crippen molar-refractivity contribution in [2.75, 3.05) is 4.90 Å². The van der Waals surface area contributed by atoms with E-state index < -0.39 is 0 Å². The van der Waals surface area contributed by atoms with Crippen molar-refractivity contribution in [2.45, 2.75) is 0 Å². The molecule has 1 heterocycles. The minimum absolute atomic E-state index is 0.759. The highest BCUT2D eigenvalue weighted by atomic mass is 32.1. The summed E-state index contributed by atoms with van der Waals surface area (Å²) in [5, 5.41) is 5.67. The third-order valence-electron chi connectivity index (χ3n) is 8.03. The van der Waals surface area contributed by atoms with Gasteiger partial charge in [-0.2, -0.15) is 4.37 Å². The third kappa shape index (κ3) is 4.91. The lowest BCUT2D eigenvalue weighted by molar-refractivity contribution is 1.28. The zero-order valence-electron chi connectivity index (χ0n) is 23.8. The Balaban J connectivity index is 1.21. The molecule has 7 aromatic carbocycles. The highest BCUT2D eigenvalue weighted by Crippen LogP contribution is 2.39. The molecule has 0 spiro atoms. The highest BCUT2D eigenvalue weighted by Gasteiger charge is 2.16. The molecule has 0 aliphatic heterocycles. The SMILES string of the molecule is c1ccc(-c2ccc(N(c3cccc(-c4nc(-c5cccc6ccccc56)ns4)c3)c3ccc4ccccc4c3)cc2)cc1. The van der Waals surface area contributed by atoms with E-state index in [4.69, 9.17) is 9.36 Å². The second-order valence-electron chi connectivity index (χ2n) is 10.8. The second kappa shape index (κ2) is 11.3. The van der Waals surface area contributed by atoms with E-state index in [0.29, 0.717) is 0 Å². The fraction of sp³-hybridized carbons (Fsp3) is 0. The molecule has 0 bridgehead atoms. The Bertz CT molecular complexity index is 2230. The van der Waals surface area contributed by atoms with Crippen LogP contribution in [-0.4, -0.2) is 9.36 Å². The van der Waals surface area contributed by atoms with Gasteiger partial charge in [0.15, 0.2) is 5.82 Å². The van der Waals surface area contributed by atoms with Gasteiger partial charge in [-0.1, -0.05) is 127 Å². The molecule has 0 aliphatic rings. The average molecular weight is 582 g/mol. The van der Waals surface area contributed by atoms with Gasteiger partial charge in [0.1, 0.15) is 5.01 Å². The first kappa shape index (κ1) is 26.1. The summed E-state index contributed by atoms with van der Waals surface area (Å²) in [5.41, 5.74) is 7.74. The summed E-state index contributed by atoms with van der Waals surface area (Å²) < 4.78 is 4.79. The van der Waals surface area contributed by atoms with Crippen LogP contribution in [0.1, 0.15) is 0 Å². The van der Waals surface area contributed by atoms with E-state index in [1.54, 1.807) is 0 Å². The van der Waals surface area contributed by atoms with Crippen LogP contribution in [0.25, 0.3) is 54.6 Å². The Morgan fingerprint density at radius 1 is 0.432 bits per heavy atom. The van der Waals surface area contributed by atoms with Crippen molar-refractivity contribution in [2.24, 2.45) is 0 Å². The quantitative estimate of drug-likeness (QED) is 0.196. The molecule has 0 atom stereocenters. The number of anilines is 3. The number of fused-ring (bicyclic) bond motifs is 2. The lowest BCUT2D eigenvalue weighted by Gasteiger charge is -2.26. The van der Waals surface area contributed by atoms with Crippen molar-refractivity contribution in [1.82, 2.24) is 9.36 Å². The molecule has 0 radical (unpaired) electrons. The van der Waals surface area contributed by atoms with Gasteiger partial charge in [0.25, 0.3) is 0 Å². The summed E-state index contributed by atoms with van der Waals surface area (Å²) in [7, 11) is 0. The zero-order chi connectivity index (χ0) is 29.3. The van der Waals surface area contributed by atoms with Crippen LogP contribution < -0.4 is 4.90 Å². The summed E-state index contributed by atoms with van der Waals surface area (Å²) >= 11 is 1.44. The first-order chi connectivity index (χ1) is 21.8. The van der Waals surface area contributed by atoms with E-state index in [1.807, 2.05) is 0 Å². The van der Waals surface area contributed by atoms with Crippen molar-refractivity contribution >= 4 is 50.1 Å². The number of aromatic nitrogens is 2. The fourth-order valence-electron chi connectivity index (χ4n) is 5.85. The third-order valence-corrected chi connectivity index (χ3v) is 8.80. The highest BCUT2D eigenvalue weighted by molar-refractivity contribution is 7.09. The molecule has 0 fully saturated rings. The number of rotatable bonds is 6. The van der Waals surface area contributed by atoms with Crippen molar-refractivity contribution in [3.63, 3.8) is 0 Å². The predicted molar refractivity (Wildman–Crippen MR) is 186 cm³/mol. The molecule has 44 heavy (non-hydrogen) atoms. The second-order valence-corrected chi connectivity index (χ2v) is 11.5. The van der Waals surface area contributed by atoms with Crippen molar-refractivity contribution in [1.29, 1.82) is 0 Å². The Morgan fingerprint density at radius 2 is 1.07 bits per heavy atom. The molecule has 0 saturated carbocycles. The van der Waals surface area contributed by atoms with E-state index in [1.165, 1.54) is 38.8 Å². The van der Waals surface area contributed by atoms with Gasteiger partial charge in [-0.05, 0) is 80.6 Å². The van der Waals surface area contributed by atoms with E-state index in [2.05, 4.69) is 169 Å². The Hall–Kier alpha value is -5.58. The molecule has 3 nitrogen and oxygen atoms in total. The molecule has 1 aromatic heterocycles. The molecule has 0 N–H and O–H groups in total. The minimum atomic E-state index is 0.759. The summed E-state index contributed by atoms with van der Waals surface area (Å²) in [6, 6.07) is 57.8. The standard InChI is InChI=1S/C40H27N3S/c1-2-10-28(11-3-1)30-20-23-34(24-21-30)43(36-25-22-29-12-4-5-14-32(29)26-36)35-17-8-16-33(27-35)40-41-39(42-44-40)38-19-9-15-31-13-6-7-18-37(31)38/h1-27H. The van der Waals surface area contributed by atoms with E-state index >= 15 is 0 Å². The Labute approximate surface area is 260 Å².